The Labute approximate surface area is 116 Å². The Bertz CT molecular complexity index is 493. The molecule has 0 saturated carbocycles. The normalized spacial score (nSPS) is 13.7. The fourth-order valence-electron chi connectivity index (χ4n) is 1.45. The molecule has 104 valence electrons. The molecule has 0 aliphatic heterocycles. The Balaban J connectivity index is 2.90. The maximum atomic E-state index is 11.9. The Kier molecular flexibility index (Phi) is 5.26. The van der Waals surface area contributed by atoms with Crippen LogP contribution in [0.5, 0.6) is 0 Å². The number of nitro benzene ring substituents is 1. The van der Waals surface area contributed by atoms with E-state index in [1.54, 1.807) is 0 Å². The highest BCUT2D eigenvalue weighted by Gasteiger charge is 2.21. The van der Waals surface area contributed by atoms with E-state index < -0.39 is 16.9 Å². The van der Waals surface area contributed by atoms with E-state index in [9.17, 15) is 14.9 Å². The fourth-order valence-corrected chi connectivity index (χ4v) is 1.62. The molecule has 0 saturated heterocycles. The van der Waals surface area contributed by atoms with Gasteiger partial charge in [0.2, 0.25) is 5.91 Å². The standard InChI is InChI=1S/C12H16ClN3O3/c1-3-7(2)11(14)12(17)15-10-6-8(16(18)19)4-5-9(10)13/h4-7,11H,3,14H2,1-2H3,(H,15,17)/t7?,11-/m0/s1. The Morgan fingerprint density at radius 3 is 2.74 bits per heavy atom. The molecular weight excluding hydrogens is 270 g/mol. The minimum absolute atomic E-state index is 0.0115. The van der Waals surface area contributed by atoms with Crippen LogP contribution in [-0.2, 0) is 4.79 Å². The second kappa shape index (κ2) is 6.49. The van der Waals surface area contributed by atoms with Crippen molar-refractivity contribution in [3.63, 3.8) is 0 Å². The predicted molar refractivity (Wildman–Crippen MR) is 74.2 cm³/mol. The largest absolute Gasteiger partial charge is 0.323 e. The van der Waals surface area contributed by atoms with Gasteiger partial charge in [-0.2, -0.15) is 0 Å². The zero-order valence-electron chi connectivity index (χ0n) is 10.7. The van der Waals surface area contributed by atoms with E-state index in [-0.39, 0.29) is 22.3 Å². The molecule has 0 fully saturated rings. The topological polar surface area (TPSA) is 98.3 Å². The van der Waals surface area contributed by atoms with Crippen molar-refractivity contribution in [2.45, 2.75) is 26.3 Å². The summed E-state index contributed by atoms with van der Waals surface area (Å²) in [6.07, 6.45) is 0.761. The minimum atomic E-state index is -0.680. The van der Waals surface area contributed by atoms with Gasteiger partial charge in [-0.1, -0.05) is 31.9 Å². The van der Waals surface area contributed by atoms with Gasteiger partial charge in [-0.25, -0.2) is 0 Å². The number of rotatable bonds is 5. The van der Waals surface area contributed by atoms with Gasteiger partial charge in [0.15, 0.2) is 0 Å². The second-order valence-electron chi connectivity index (χ2n) is 4.32. The number of hydrogen-bond donors (Lipinski definition) is 2. The quantitative estimate of drug-likeness (QED) is 0.641. The van der Waals surface area contributed by atoms with Crippen LogP contribution in [-0.4, -0.2) is 16.9 Å². The number of benzene rings is 1. The molecule has 1 unspecified atom stereocenters. The number of carbonyl (C=O) groups excluding carboxylic acids is 1. The van der Waals surface area contributed by atoms with E-state index in [0.717, 1.165) is 6.42 Å². The molecule has 7 heteroatoms. The summed E-state index contributed by atoms with van der Waals surface area (Å²) in [5, 5.41) is 13.4. The van der Waals surface area contributed by atoms with Gasteiger partial charge in [-0.3, -0.25) is 14.9 Å². The Morgan fingerprint density at radius 2 is 2.21 bits per heavy atom. The SMILES string of the molecule is CCC(C)[C@H](N)C(=O)Nc1cc([N+](=O)[O-])ccc1Cl. The number of amides is 1. The first-order valence-corrected chi connectivity index (χ1v) is 6.25. The molecule has 19 heavy (non-hydrogen) atoms. The molecule has 1 amide bonds. The van der Waals surface area contributed by atoms with Crippen LogP contribution in [0, 0.1) is 16.0 Å². The highest BCUT2D eigenvalue weighted by Crippen LogP contribution is 2.27. The van der Waals surface area contributed by atoms with Crippen LogP contribution in [0.25, 0.3) is 0 Å². The zero-order chi connectivity index (χ0) is 14.6. The molecule has 1 aromatic carbocycles. The van der Waals surface area contributed by atoms with Crippen LogP contribution >= 0.6 is 11.6 Å². The number of anilines is 1. The summed E-state index contributed by atoms with van der Waals surface area (Å²) in [6.45, 7) is 3.79. The molecule has 3 N–H and O–H groups in total. The highest BCUT2D eigenvalue weighted by molar-refractivity contribution is 6.33. The van der Waals surface area contributed by atoms with E-state index in [0.29, 0.717) is 0 Å². The van der Waals surface area contributed by atoms with Gasteiger partial charge in [-0.05, 0) is 12.0 Å². The molecule has 0 aromatic heterocycles. The van der Waals surface area contributed by atoms with Crippen LogP contribution in [0.3, 0.4) is 0 Å². The van der Waals surface area contributed by atoms with Crippen molar-refractivity contribution in [2.75, 3.05) is 5.32 Å². The lowest BCUT2D eigenvalue weighted by Gasteiger charge is -2.18. The van der Waals surface area contributed by atoms with E-state index in [4.69, 9.17) is 17.3 Å². The first-order valence-electron chi connectivity index (χ1n) is 5.87. The summed E-state index contributed by atoms with van der Waals surface area (Å²) in [7, 11) is 0. The molecule has 6 nitrogen and oxygen atoms in total. The van der Waals surface area contributed by atoms with Crippen LogP contribution < -0.4 is 11.1 Å². The number of nitrogens with one attached hydrogen (secondary N) is 1. The lowest BCUT2D eigenvalue weighted by molar-refractivity contribution is -0.384. The summed E-state index contributed by atoms with van der Waals surface area (Å²) in [4.78, 5) is 22.0. The number of nitrogens with zero attached hydrogens (tertiary/aromatic N) is 1. The van der Waals surface area contributed by atoms with Gasteiger partial charge in [0, 0.05) is 12.1 Å². The summed E-state index contributed by atoms with van der Waals surface area (Å²) in [5.41, 5.74) is 5.83. The second-order valence-corrected chi connectivity index (χ2v) is 4.73. The van der Waals surface area contributed by atoms with E-state index in [2.05, 4.69) is 5.32 Å². The zero-order valence-corrected chi connectivity index (χ0v) is 11.5. The fraction of sp³-hybridized carbons (Fsp3) is 0.417. The number of carbonyl (C=O) groups is 1. The number of nitrogens with two attached hydrogens (primary N) is 1. The van der Waals surface area contributed by atoms with Crippen LogP contribution in [0.2, 0.25) is 5.02 Å². The molecule has 1 rings (SSSR count). The third-order valence-corrected chi connectivity index (χ3v) is 3.31. The maximum Gasteiger partial charge on any atom is 0.271 e. The summed E-state index contributed by atoms with van der Waals surface area (Å²) in [6, 6.07) is 3.17. The number of hydrogen-bond acceptors (Lipinski definition) is 4. The van der Waals surface area contributed by atoms with Crippen molar-refractivity contribution in [1.82, 2.24) is 0 Å². The first kappa shape index (κ1) is 15.4. The van der Waals surface area contributed by atoms with Gasteiger partial charge in [0.25, 0.3) is 5.69 Å². The van der Waals surface area contributed by atoms with Gasteiger partial charge >= 0.3 is 0 Å². The average molecular weight is 286 g/mol. The van der Waals surface area contributed by atoms with Gasteiger partial charge < -0.3 is 11.1 Å². The molecule has 0 radical (unpaired) electrons. The molecule has 0 heterocycles. The van der Waals surface area contributed by atoms with E-state index >= 15 is 0 Å². The molecule has 0 spiro atoms. The number of halogens is 1. The van der Waals surface area contributed by atoms with E-state index in [1.165, 1.54) is 18.2 Å². The smallest absolute Gasteiger partial charge is 0.271 e. The third kappa shape index (κ3) is 3.90. The molecular formula is C12H16ClN3O3. The average Bonchev–Trinajstić information content (AvgIpc) is 2.38. The first-order chi connectivity index (χ1) is 8.86. The Morgan fingerprint density at radius 1 is 1.58 bits per heavy atom. The summed E-state index contributed by atoms with van der Waals surface area (Å²) >= 11 is 5.88. The van der Waals surface area contributed by atoms with E-state index in [1.807, 2.05) is 13.8 Å². The lowest BCUT2D eigenvalue weighted by Crippen LogP contribution is -2.40. The highest BCUT2D eigenvalue weighted by atomic mass is 35.5. The van der Waals surface area contributed by atoms with Gasteiger partial charge in [0.05, 0.1) is 21.7 Å². The van der Waals surface area contributed by atoms with Gasteiger partial charge in [0.1, 0.15) is 0 Å². The number of nitro groups is 1. The predicted octanol–water partition coefficient (Wildman–Crippen LogP) is 2.56. The molecule has 1 aromatic rings. The van der Waals surface area contributed by atoms with Crippen molar-refractivity contribution >= 4 is 28.9 Å². The lowest BCUT2D eigenvalue weighted by atomic mass is 9.99. The third-order valence-electron chi connectivity index (χ3n) is 2.98. The molecule has 0 aliphatic rings. The molecule has 0 aliphatic carbocycles. The van der Waals surface area contributed by atoms with Crippen LogP contribution in [0.1, 0.15) is 20.3 Å². The van der Waals surface area contributed by atoms with Crippen LogP contribution in [0.15, 0.2) is 18.2 Å². The molecule has 0 bridgehead atoms. The summed E-state index contributed by atoms with van der Waals surface area (Å²) < 4.78 is 0. The van der Waals surface area contributed by atoms with Gasteiger partial charge in [-0.15, -0.1) is 0 Å². The Hall–Kier alpha value is -1.66. The number of non-ortho nitro benzene ring substituents is 1. The monoisotopic (exact) mass is 285 g/mol. The van der Waals surface area contributed by atoms with Crippen molar-refractivity contribution in [1.29, 1.82) is 0 Å². The minimum Gasteiger partial charge on any atom is -0.323 e. The van der Waals surface area contributed by atoms with Crippen molar-refractivity contribution < 1.29 is 9.72 Å². The van der Waals surface area contributed by atoms with Crippen molar-refractivity contribution in [3.05, 3.63) is 33.3 Å². The summed E-state index contributed by atoms with van der Waals surface area (Å²) in [5.74, 6) is -0.394. The van der Waals surface area contributed by atoms with Crippen molar-refractivity contribution in [3.8, 4) is 0 Å². The maximum absolute atomic E-state index is 11.9. The van der Waals surface area contributed by atoms with Crippen molar-refractivity contribution in [2.24, 2.45) is 11.7 Å². The molecule has 2 atom stereocenters. The van der Waals surface area contributed by atoms with Crippen LogP contribution in [0.4, 0.5) is 11.4 Å².